The molecule has 2 heterocycles. The topological polar surface area (TPSA) is 141 Å². The fourth-order valence-electron chi connectivity index (χ4n) is 3.09. The van der Waals surface area contributed by atoms with Crippen LogP contribution in [0.5, 0.6) is 0 Å². The van der Waals surface area contributed by atoms with Crippen molar-refractivity contribution >= 4 is 28.7 Å². The molecular weight excluding hydrogens is 324 g/mol. The van der Waals surface area contributed by atoms with Gasteiger partial charge in [0, 0.05) is 30.0 Å². The molecule has 0 aliphatic carbocycles. The number of carbonyl (C=O) groups excluding carboxylic acids is 1. The minimum Gasteiger partial charge on any atom is -0.481 e. The van der Waals surface area contributed by atoms with Crippen molar-refractivity contribution in [3.8, 4) is 0 Å². The highest BCUT2D eigenvalue weighted by molar-refractivity contribution is 6.00. The second-order valence-electron chi connectivity index (χ2n) is 6.29. The number of benzene rings is 1. The lowest BCUT2D eigenvalue weighted by Gasteiger charge is -2.10. The zero-order valence-electron chi connectivity index (χ0n) is 13.5. The fourth-order valence-corrected chi connectivity index (χ4v) is 3.09. The maximum absolute atomic E-state index is 12.3. The molecule has 25 heavy (non-hydrogen) atoms. The van der Waals surface area contributed by atoms with Crippen molar-refractivity contribution in [3.63, 3.8) is 0 Å². The van der Waals surface area contributed by atoms with Crippen molar-refractivity contribution in [1.82, 2.24) is 10.6 Å². The lowest BCUT2D eigenvalue weighted by Crippen LogP contribution is -2.37. The monoisotopic (exact) mass is 344 g/mol. The van der Waals surface area contributed by atoms with Gasteiger partial charge in [-0.25, -0.2) is 0 Å². The maximum Gasteiger partial charge on any atom is 0.303 e. The summed E-state index contributed by atoms with van der Waals surface area (Å²) in [6, 6.07) is 6.72. The molecule has 0 spiro atoms. The Hall–Kier alpha value is -2.87. The Kier molecular flexibility index (Phi) is 4.71. The van der Waals surface area contributed by atoms with E-state index in [1.54, 1.807) is 24.3 Å². The smallest absolute Gasteiger partial charge is 0.303 e. The summed E-state index contributed by atoms with van der Waals surface area (Å²) in [6.45, 7) is 1.05. The van der Waals surface area contributed by atoms with Crippen molar-refractivity contribution < 1.29 is 19.1 Å². The molecule has 1 aromatic carbocycles. The Balaban J connectivity index is 1.59. The average molecular weight is 344 g/mol. The van der Waals surface area contributed by atoms with Gasteiger partial charge in [0.25, 0.3) is 5.91 Å². The summed E-state index contributed by atoms with van der Waals surface area (Å²) < 4.78 is 5.53. The molecule has 1 aliphatic rings. The Bertz CT molecular complexity index is 829. The number of amides is 1. The molecule has 2 aromatic rings. The van der Waals surface area contributed by atoms with Crippen LogP contribution in [0.15, 0.2) is 28.7 Å². The molecule has 1 fully saturated rings. The maximum atomic E-state index is 12.3. The highest BCUT2D eigenvalue weighted by Crippen LogP contribution is 2.21. The van der Waals surface area contributed by atoms with E-state index in [0.717, 1.165) is 0 Å². The van der Waals surface area contributed by atoms with Crippen molar-refractivity contribution in [2.45, 2.75) is 18.9 Å². The average Bonchev–Trinajstić information content (AvgIpc) is 3.17. The van der Waals surface area contributed by atoms with Crippen LogP contribution in [-0.4, -0.2) is 41.9 Å². The third kappa shape index (κ3) is 3.97. The number of carbonyl (C=O) groups is 2. The molecule has 3 rings (SSSR count). The zero-order valence-corrected chi connectivity index (χ0v) is 13.5. The molecule has 8 heteroatoms. The van der Waals surface area contributed by atoms with E-state index in [-0.39, 0.29) is 35.9 Å². The quantitative estimate of drug-likeness (QED) is 0.389. The second-order valence-corrected chi connectivity index (χ2v) is 6.29. The summed E-state index contributed by atoms with van der Waals surface area (Å²) in [7, 11) is 0. The molecule has 2 atom stereocenters. The van der Waals surface area contributed by atoms with Gasteiger partial charge in [-0.3, -0.25) is 15.0 Å². The van der Waals surface area contributed by atoms with Crippen molar-refractivity contribution in [3.05, 3.63) is 35.6 Å². The highest BCUT2D eigenvalue weighted by atomic mass is 16.4. The SMILES string of the molecule is N=C(N)c1ccc2oc(C(=O)NCC3CC(CC(=O)O)CN3)cc2c1. The molecule has 132 valence electrons. The molecule has 1 amide bonds. The predicted molar refractivity (Wildman–Crippen MR) is 91.7 cm³/mol. The summed E-state index contributed by atoms with van der Waals surface area (Å²) in [5.41, 5.74) is 6.58. The summed E-state index contributed by atoms with van der Waals surface area (Å²) >= 11 is 0. The first-order valence-corrected chi connectivity index (χ1v) is 8.03. The minimum absolute atomic E-state index is 0.0441. The first kappa shape index (κ1) is 17.0. The van der Waals surface area contributed by atoms with Crippen LogP contribution in [0.2, 0.25) is 0 Å². The van der Waals surface area contributed by atoms with E-state index < -0.39 is 5.97 Å². The van der Waals surface area contributed by atoms with Crippen molar-refractivity contribution in [1.29, 1.82) is 5.41 Å². The van der Waals surface area contributed by atoms with Crippen molar-refractivity contribution in [2.24, 2.45) is 11.7 Å². The number of hydrogen-bond donors (Lipinski definition) is 5. The van der Waals surface area contributed by atoms with Gasteiger partial charge in [-0.05, 0) is 43.1 Å². The van der Waals surface area contributed by atoms with E-state index in [1.807, 2.05) is 0 Å². The number of nitrogens with two attached hydrogens (primary N) is 1. The number of rotatable bonds is 6. The molecule has 0 saturated carbocycles. The van der Waals surface area contributed by atoms with Crippen LogP contribution in [0.4, 0.5) is 0 Å². The van der Waals surface area contributed by atoms with Gasteiger partial charge in [0.05, 0.1) is 0 Å². The normalized spacial score (nSPS) is 19.8. The molecule has 2 unspecified atom stereocenters. The van der Waals surface area contributed by atoms with Crippen LogP contribution in [0.3, 0.4) is 0 Å². The first-order chi connectivity index (χ1) is 11.9. The number of nitrogens with one attached hydrogen (secondary N) is 3. The van der Waals surface area contributed by atoms with Gasteiger partial charge >= 0.3 is 5.97 Å². The lowest BCUT2D eigenvalue weighted by atomic mass is 10.0. The fraction of sp³-hybridized carbons (Fsp3) is 0.353. The molecule has 0 bridgehead atoms. The predicted octanol–water partition coefficient (Wildman–Crippen LogP) is 0.899. The van der Waals surface area contributed by atoms with Crippen LogP contribution >= 0.6 is 0 Å². The Morgan fingerprint density at radius 3 is 2.92 bits per heavy atom. The second kappa shape index (κ2) is 6.94. The van der Waals surface area contributed by atoms with E-state index in [0.29, 0.717) is 36.0 Å². The van der Waals surface area contributed by atoms with Crippen LogP contribution in [0.25, 0.3) is 11.0 Å². The van der Waals surface area contributed by atoms with Gasteiger partial charge < -0.3 is 25.9 Å². The first-order valence-electron chi connectivity index (χ1n) is 8.03. The van der Waals surface area contributed by atoms with Crippen molar-refractivity contribution in [2.75, 3.05) is 13.1 Å². The number of nitrogen functional groups attached to an aromatic ring is 1. The molecule has 8 nitrogen and oxygen atoms in total. The third-order valence-corrected chi connectivity index (χ3v) is 4.34. The van der Waals surface area contributed by atoms with Crippen LogP contribution in [0.1, 0.15) is 29.0 Å². The van der Waals surface area contributed by atoms with E-state index in [4.69, 9.17) is 20.7 Å². The standard InChI is InChI=1S/C17H20N4O4/c18-16(19)10-1-2-13-11(5-10)6-14(25-13)17(24)21-8-12-3-9(7-20-12)4-15(22)23/h1-2,5-6,9,12,20H,3-4,7-8H2,(H3,18,19)(H,21,24)(H,22,23). The van der Waals surface area contributed by atoms with E-state index in [9.17, 15) is 9.59 Å². The number of carboxylic acids is 1. The van der Waals surface area contributed by atoms with E-state index in [1.165, 1.54) is 0 Å². The summed E-state index contributed by atoms with van der Waals surface area (Å²) in [4.78, 5) is 23.0. The molecule has 1 aliphatic heterocycles. The third-order valence-electron chi connectivity index (χ3n) is 4.34. The number of fused-ring (bicyclic) bond motifs is 1. The number of carboxylic acid groups (broad SMARTS) is 1. The van der Waals surface area contributed by atoms with Gasteiger partial charge in [0.2, 0.25) is 0 Å². The van der Waals surface area contributed by atoms with Gasteiger partial charge in [-0.1, -0.05) is 0 Å². The molecule has 1 saturated heterocycles. The molecule has 1 aromatic heterocycles. The zero-order chi connectivity index (χ0) is 18.0. The van der Waals surface area contributed by atoms with Gasteiger partial charge in [-0.2, -0.15) is 0 Å². The number of hydrogen-bond acceptors (Lipinski definition) is 5. The van der Waals surface area contributed by atoms with Gasteiger partial charge in [-0.15, -0.1) is 0 Å². The number of aliphatic carboxylic acids is 1. The summed E-state index contributed by atoms with van der Waals surface area (Å²) in [5.74, 6) is -0.892. The van der Waals surface area contributed by atoms with Crippen LogP contribution in [0, 0.1) is 11.3 Å². The van der Waals surface area contributed by atoms with E-state index >= 15 is 0 Å². The highest BCUT2D eigenvalue weighted by Gasteiger charge is 2.26. The number of furan rings is 1. The van der Waals surface area contributed by atoms with Gasteiger partial charge in [0.15, 0.2) is 5.76 Å². The molecule has 0 radical (unpaired) electrons. The minimum atomic E-state index is -0.802. The number of amidine groups is 1. The van der Waals surface area contributed by atoms with Crippen LogP contribution in [-0.2, 0) is 4.79 Å². The Morgan fingerprint density at radius 2 is 2.20 bits per heavy atom. The Morgan fingerprint density at radius 1 is 1.40 bits per heavy atom. The molecule has 6 N–H and O–H groups in total. The van der Waals surface area contributed by atoms with Gasteiger partial charge in [0.1, 0.15) is 11.4 Å². The summed E-state index contributed by atoms with van der Waals surface area (Å²) in [6.07, 6.45) is 0.855. The summed E-state index contributed by atoms with van der Waals surface area (Å²) in [5, 5.41) is 23.0. The Labute approximate surface area is 143 Å². The molecular formula is C17H20N4O4. The van der Waals surface area contributed by atoms with Crippen LogP contribution < -0.4 is 16.4 Å². The largest absolute Gasteiger partial charge is 0.481 e. The lowest BCUT2D eigenvalue weighted by molar-refractivity contribution is -0.137. The van der Waals surface area contributed by atoms with E-state index in [2.05, 4.69) is 10.6 Å².